The van der Waals surface area contributed by atoms with Crippen LogP contribution in [0.2, 0.25) is 0 Å². The second kappa shape index (κ2) is 7.78. The minimum atomic E-state index is -0.820. The molecule has 2 rings (SSSR count). The fourth-order valence-electron chi connectivity index (χ4n) is 2.21. The number of carbonyl (C=O) groups excluding carboxylic acids is 1. The number of nitrogens with two attached hydrogens (primary N) is 2. The fraction of sp³-hybridized carbons (Fsp3) is 0.235. The van der Waals surface area contributed by atoms with Gasteiger partial charge in [-0.2, -0.15) is 0 Å². The second-order valence-corrected chi connectivity index (χ2v) is 5.24. The highest BCUT2D eigenvalue weighted by atomic mass is 16.5. The van der Waals surface area contributed by atoms with Crippen LogP contribution in [0.15, 0.2) is 60.7 Å². The van der Waals surface area contributed by atoms with E-state index in [1.807, 2.05) is 67.6 Å². The van der Waals surface area contributed by atoms with Gasteiger partial charge in [0.15, 0.2) is 0 Å². The summed E-state index contributed by atoms with van der Waals surface area (Å²) in [6.45, 7) is 1.41. The van der Waals surface area contributed by atoms with Crippen LogP contribution in [-0.2, 0) is 9.45 Å². The van der Waals surface area contributed by atoms with E-state index in [1.165, 1.54) is 0 Å². The summed E-state index contributed by atoms with van der Waals surface area (Å²) in [6.07, 6.45) is 0.623. The van der Waals surface area contributed by atoms with Gasteiger partial charge in [0.1, 0.15) is 6.04 Å². The molecule has 0 spiro atoms. The molecule has 2 aromatic carbocycles. The van der Waals surface area contributed by atoms with Crippen molar-refractivity contribution >= 4 is 23.8 Å². The van der Waals surface area contributed by atoms with E-state index in [9.17, 15) is 4.79 Å². The van der Waals surface area contributed by atoms with E-state index in [0.717, 1.165) is 10.9 Å². The molecule has 0 aromatic heterocycles. The van der Waals surface area contributed by atoms with Gasteiger partial charge in [0.05, 0.1) is 0 Å². The van der Waals surface area contributed by atoms with Gasteiger partial charge in [-0.25, -0.2) is 0 Å². The lowest BCUT2D eigenvalue weighted by Crippen LogP contribution is -2.53. The Morgan fingerprint density at radius 1 is 1.00 bits per heavy atom. The Balaban J connectivity index is 2.25. The third kappa shape index (κ3) is 3.96. The van der Waals surface area contributed by atoms with Crippen LogP contribution in [0.3, 0.4) is 0 Å². The molecule has 0 amide bonds. The van der Waals surface area contributed by atoms with Gasteiger partial charge in [0, 0.05) is 6.04 Å². The second-order valence-electron chi connectivity index (χ2n) is 5.24. The molecule has 0 saturated heterocycles. The summed E-state index contributed by atoms with van der Waals surface area (Å²) in [4.78, 5) is 12.3. The van der Waals surface area contributed by atoms with Gasteiger partial charge in [-0.05, 0) is 17.3 Å². The lowest BCUT2D eigenvalue weighted by molar-refractivity contribution is -0.136. The van der Waals surface area contributed by atoms with Crippen molar-refractivity contribution in [2.75, 3.05) is 0 Å². The van der Waals surface area contributed by atoms with Crippen LogP contribution < -0.4 is 22.4 Å². The van der Waals surface area contributed by atoms with Crippen LogP contribution in [0.5, 0.6) is 0 Å². The molecule has 2 aromatic rings. The van der Waals surface area contributed by atoms with Crippen LogP contribution in [0.1, 0.15) is 13.3 Å². The number of carbonyl (C=O) groups is 1. The van der Waals surface area contributed by atoms with Crippen molar-refractivity contribution in [1.82, 2.24) is 0 Å². The quantitative estimate of drug-likeness (QED) is 0.756. The smallest absolute Gasteiger partial charge is 0.429 e. The van der Waals surface area contributed by atoms with E-state index in [-0.39, 0.29) is 0 Å². The van der Waals surface area contributed by atoms with Gasteiger partial charge in [-0.15, -0.1) is 0 Å². The van der Waals surface area contributed by atoms with Crippen LogP contribution in [0.25, 0.3) is 0 Å². The lowest BCUT2D eigenvalue weighted by atomic mass is 9.55. The Morgan fingerprint density at radius 2 is 1.45 bits per heavy atom. The predicted molar refractivity (Wildman–Crippen MR) is 90.2 cm³/mol. The van der Waals surface area contributed by atoms with E-state index >= 15 is 0 Å². The molecule has 4 nitrogen and oxygen atoms in total. The summed E-state index contributed by atoms with van der Waals surface area (Å²) >= 11 is 0. The molecule has 0 bridgehead atoms. The SMILES string of the molecule is CCC(N)C(N)C(=O)OB(c1ccccc1)c1ccccc1. The van der Waals surface area contributed by atoms with Crippen molar-refractivity contribution in [2.24, 2.45) is 11.5 Å². The highest BCUT2D eigenvalue weighted by molar-refractivity contribution is 6.81. The zero-order valence-electron chi connectivity index (χ0n) is 12.7. The van der Waals surface area contributed by atoms with Crippen LogP contribution in [0, 0.1) is 0 Å². The number of hydrogen-bond donors (Lipinski definition) is 2. The third-order valence-corrected chi connectivity index (χ3v) is 3.64. The molecule has 2 atom stereocenters. The van der Waals surface area contributed by atoms with Crippen molar-refractivity contribution in [2.45, 2.75) is 25.4 Å². The summed E-state index contributed by atoms with van der Waals surface area (Å²) in [5, 5.41) is 0. The molecule has 22 heavy (non-hydrogen) atoms. The minimum absolute atomic E-state index is 0.403. The monoisotopic (exact) mass is 296 g/mol. The molecule has 5 heteroatoms. The summed E-state index contributed by atoms with van der Waals surface area (Å²) in [5.74, 6) is -0.480. The molecular formula is C17H21BN2O2. The van der Waals surface area contributed by atoms with Gasteiger partial charge in [-0.3, -0.25) is 4.79 Å². The minimum Gasteiger partial charge on any atom is -0.525 e. The van der Waals surface area contributed by atoms with Crippen molar-refractivity contribution in [1.29, 1.82) is 0 Å². The maximum atomic E-state index is 12.3. The van der Waals surface area contributed by atoms with Gasteiger partial charge >= 0.3 is 12.9 Å². The third-order valence-electron chi connectivity index (χ3n) is 3.64. The molecule has 4 N–H and O–H groups in total. The normalized spacial score (nSPS) is 13.2. The Hall–Kier alpha value is -2.11. The first-order valence-corrected chi connectivity index (χ1v) is 7.45. The summed E-state index contributed by atoms with van der Waals surface area (Å²) in [7, 11) is 0. The Labute approximate surface area is 131 Å². The molecule has 0 aliphatic carbocycles. The van der Waals surface area contributed by atoms with Crippen LogP contribution >= 0.6 is 0 Å². The van der Waals surface area contributed by atoms with Crippen molar-refractivity contribution in [3.05, 3.63) is 60.7 Å². The van der Waals surface area contributed by atoms with E-state index in [1.54, 1.807) is 0 Å². The molecule has 0 aliphatic rings. The van der Waals surface area contributed by atoms with Gasteiger partial charge in [-0.1, -0.05) is 67.6 Å². The molecule has 0 saturated carbocycles. The zero-order valence-corrected chi connectivity index (χ0v) is 12.7. The first-order chi connectivity index (χ1) is 10.6. The summed E-state index contributed by atoms with van der Waals surface area (Å²) in [6, 6.07) is 18.0. The maximum absolute atomic E-state index is 12.3. The predicted octanol–water partition coefficient (Wildman–Crippen LogP) is 0.400. The average molecular weight is 296 g/mol. The molecule has 0 fully saturated rings. The molecule has 0 heterocycles. The average Bonchev–Trinajstić information content (AvgIpc) is 2.59. The van der Waals surface area contributed by atoms with Crippen molar-refractivity contribution < 1.29 is 9.45 Å². The van der Waals surface area contributed by atoms with E-state index in [4.69, 9.17) is 16.1 Å². The Bertz CT molecular complexity index is 553. The first-order valence-electron chi connectivity index (χ1n) is 7.45. The zero-order chi connectivity index (χ0) is 15.9. The summed E-state index contributed by atoms with van der Waals surface area (Å²) in [5.41, 5.74) is 13.5. The lowest BCUT2D eigenvalue weighted by Gasteiger charge is -2.21. The van der Waals surface area contributed by atoms with E-state index < -0.39 is 25.0 Å². The van der Waals surface area contributed by atoms with E-state index in [0.29, 0.717) is 6.42 Å². The largest absolute Gasteiger partial charge is 0.525 e. The number of hydrogen-bond acceptors (Lipinski definition) is 4. The van der Waals surface area contributed by atoms with Gasteiger partial charge in [0.25, 0.3) is 0 Å². The van der Waals surface area contributed by atoms with Gasteiger partial charge < -0.3 is 16.1 Å². The summed E-state index contributed by atoms with van der Waals surface area (Å²) < 4.78 is 5.66. The first kappa shape index (κ1) is 16.3. The van der Waals surface area contributed by atoms with Crippen molar-refractivity contribution in [3.8, 4) is 0 Å². The molecule has 114 valence electrons. The highest BCUT2D eigenvalue weighted by Gasteiger charge is 2.29. The molecule has 2 unspecified atom stereocenters. The maximum Gasteiger partial charge on any atom is 0.429 e. The topological polar surface area (TPSA) is 78.3 Å². The molecule has 0 aliphatic heterocycles. The fourth-order valence-corrected chi connectivity index (χ4v) is 2.21. The van der Waals surface area contributed by atoms with Crippen molar-refractivity contribution in [3.63, 3.8) is 0 Å². The molecule has 0 radical (unpaired) electrons. The molecular weight excluding hydrogens is 275 g/mol. The Morgan fingerprint density at radius 3 is 1.86 bits per heavy atom. The van der Waals surface area contributed by atoms with Crippen LogP contribution in [0.4, 0.5) is 0 Å². The van der Waals surface area contributed by atoms with Crippen LogP contribution in [-0.4, -0.2) is 25.0 Å². The number of benzene rings is 2. The Kier molecular flexibility index (Phi) is 5.75. The van der Waals surface area contributed by atoms with E-state index in [2.05, 4.69) is 0 Å². The van der Waals surface area contributed by atoms with Gasteiger partial charge in [0.2, 0.25) is 0 Å². The standard InChI is InChI=1S/C17H21BN2O2/c1-2-15(19)16(20)17(21)22-18(13-9-5-3-6-10-13)14-11-7-4-8-12-14/h3-12,15-16H,2,19-20H2,1H3. The highest BCUT2D eigenvalue weighted by Crippen LogP contribution is 2.00. The number of rotatable bonds is 6.